The molecule has 0 bridgehead atoms. The van der Waals surface area contributed by atoms with Crippen molar-refractivity contribution in [3.05, 3.63) is 18.2 Å². The number of benzene rings is 1. The molecule has 1 fully saturated rings. The number of nitrogens with zero attached hydrogens (tertiary/aromatic N) is 1. The molecule has 0 radical (unpaired) electrons. The normalized spacial score (nSPS) is 25.4. The molecule has 2 unspecified atom stereocenters. The molecule has 6 nitrogen and oxygen atoms in total. The minimum absolute atomic E-state index is 0.0335. The molecule has 7 heteroatoms. The third kappa shape index (κ3) is 2.68. The van der Waals surface area contributed by atoms with Crippen molar-refractivity contribution in [3.8, 4) is 5.75 Å². The molecule has 2 atom stereocenters. The highest BCUT2D eigenvalue weighted by atomic mass is 32.2. The molecule has 1 aromatic carbocycles. The van der Waals surface area contributed by atoms with Crippen molar-refractivity contribution in [1.82, 2.24) is 4.31 Å². The van der Waals surface area contributed by atoms with E-state index in [-0.39, 0.29) is 35.3 Å². The van der Waals surface area contributed by atoms with Gasteiger partial charge in [-0.2, -0.15) is 4.31 Å². The van der Waals surface area contributed by atoms with E-state index in [2.05, 4.69) is 0 Å². The van der Waals surface area contributed by atoms with E-state index in [0.29, 0.717) is 6.42 Å². The number of rotatable bonds is 2. The van der Waals surface area contributed by atoms with E-state index in [0.717, 1.165) is 0 Å². The second-order valence-corrected chi connectivity index (χ2v) is 6.85. The number of aromatic hydroxyl groups is 1. The van der Waals surface area contributed by atoms with Crippen LogP contribution in [0.2, 0.25) is 0 Å². The Morgan fingerprint density at radius 3 is 2.68 bits per heavy atom. The molecule has 1 heterocycles. The SMILES string of the molecule is CC1CN(S(=O)(=O)c2ccc(O)c(N)c2)CCC1O. The van der Waals surface area contributed by atoms with Gasteiger partial charge in [-0.25, -0.2) is 8.42 Å². The number of hydrogen-bond acceptors (Lipinski definition) is 5. The van der Waals surface area contributed by atoms with Crippen LogP contribution >= 0.6 is 0 Å². The van der Waals surface area contributed by atoms with Crippen molar-refractivity contribution in [2.75, 3.05) is 18.8 Å². The summed E-state index contributed by atoms with van der Waals surface area (Å²) in [6.07, 6.45) is -0.0372. The van der Waals surface area contributed by atoms with Crippen molar-refractivity contribution < 1.29 is 18.6 Å². The van der Waals surface area contributed by atoms with Crippen LogP contribution in [0.5, 0.6) is 5.75 Å². The molecule has 0 saturated carbocycles. The Morgan fingerprint density at radius 2 is 2.11 bits per heavy atom. The fourth-order valence-electron chi connectivity index (χ4n) is 2.16. The van der Waals surface area contributed by atoms with E-state index >= 15 is 0 Å². The highest BCUT2D eigenvalue weighted by molar-refractivity contribution is 7.89. The van der Waals surface area contributed by atoms with Gasteiger partial charge in [0.2, 0.25) is 10.0 Å². The zero-order valence-corrected chi connectivity index (χ0v) is 11.5. The number of piperidine rings is 1. The third-order valence-electron chi connectivity index (χ3n) is 3.46. The van der Waals surface area contributed by atoms with Crippen LogP contribution < -0.4 is 5.73 Å². The number of sulfonamides is 1. The summed E-state index contributed by atoms with van der Waals surface area (Å²) in [5.41, 5.74) is 5.56. The Balaban J connectivity index is 2.29. The highest BCUT2D eigenvalue weighted by Gasteiger charge is 2.32. The third-order valence-corrected chi connectivity index (χ3v) is 5.32. The van der Waals surface area contributed by atoms with Gasteiger partial charge in [0.1, 0.15) is 5.75 Å². The number of aliphatic hydroxyl groups excluding tert-OH is 1. The number of phenolic OH excluding ortho intramolecular Hbond substituents is 1. The molecule has 1 aromatic rings. The number of nitrogen functional groups attached to an aromatic ring is 1. The van der Waals surface area contributed by atoms with Gasteiger partial charge in [0.05, 0.1) is 16.7 Å². The summed E-state index contributed by atoms with van der Waals surface area (Å²) in [5, 5.41) is 19.0. The first kappa shape index (κ1) is 14.1. The summed E-state index contributed by atoms with van der Waals surface area (Å²) < 4.78 is 26.2. The first-order valence-corrected chi connectivity index (χ1v) is 7.53. The summed E-state index contributed by atoms with van der Waals surface area (Å²) in [4.78, 5) is 0.0615. The standard InChI is InChI=1S/C12H18N2O4S/c1-8-7-14(5-4-11(8)15)19(17,18)9-2-3-12(16)10(13)6-9/h2-3,6,8,11,15-16H,4-5,7,13H2,1H3. The average Bonchev–Trinajstić information content (AvgIpc) is 2.35. The second kappa shape index (κ2) is 4.99. The van der Waals surface area contributed by atoms with E-state index in [1.54, 1.807) is 0 Å². The first-order valence-electron chi connectivity index (χ1n) is 6.09. The predicted octanol–water partition coefficient (Wildman–Crippen LogP) is 0.366. The Bertz CT molecular complexity index is 573. The molecule has 1 aliphatic rings. The molecule has 0 amide bonds. The number of nitrogens with two attached hydrogens (primary N) is 1. The van der Waals surface area contributed by atoms with Crippen LogP contribution in [0.1, 0.15) is 13.3 Å². The quantitative estimate of drug-likeness (QED) is 0.538. The van der Waals surface area contributed by atoms with Gasteiger partial charge in [0, 0.05) is 13.1 Å². The lowest BCUT2D eigenvalue weighted by Gasteiger charge is -2.33. The molecule has 0 aromatic heterocycles. The van der Waals surface area contributed by atoms with Gasteiger partial charge in [0.25, 0.3) is 0 Å². The molecule has 4 N–H and O–H groups in total. The maximum atomic E-state index is 12.4. The van der Waals surface area contributed by atoms with Gasteiger partial charge < -0.3 is 15.9 Å². The van der Waals surface area contributed by atoms with Crippen LogP contribution in [0.4, 0.5) is 5.69 Å². The number of aliphatic hydroxyl groups is 1. The van der Waals surface area contributed by atoms with Crippen LogP contribution in [0.3, 0.4) is 0 Å². The molecular formula is C12H18N2O4S. The molecule has 106 valence electrons. The van der Waals surface area contributed by atoms with Gasteiger partial charge in [-0.1, -0.05) is 6.92 Å². The topological polar surface area (TPSA) is 104 Å². The van der Waals surface area contributed by atoms with E-state index < -0.39 is 16.1 Å². The molecule has 19 heavy (non-hydrogen) atoms. The molecular weight excluding hydrogens is 268 g/mol. The van der Waals surface area contributed by atoms with E-state index in [1.807, 2.05) is 6.92 Å². The Kier molecular flexibility index (Phi) is 3.71. The zero-order chi connectivity index (χ0) is 14.2. The molecule has 0 spiro atoms. The lowest BCUT2D eigenvalue weighted by Crippen LogP contribution is -2.44. The van der Waals surface area contributed by atoms with Crippen molar-refractivity contribution in [2.45, 2.75) is 24.3 Å². The smallest absolute Gasteiger partial charge is 0.243 e. The number of anilines is 1. The minimum Gasteiger partial charge on any atom is -0.506 e. The van der Waals surface area contributed by atoms with Gasteiger partial charge in [0.15, 0.2) is 0 Å². The molecule has 1 saturated heterocycles. The van der Waals surface area contributed by atoms with Gasteiger partial charge in [-0.15, -0.1) is 0 Å². The van der Waals surface area contributed by atoms with Crippen molar-refractivity contribution in [3.63, 3.8) is 0 Å². The van der Waals surface area contributed by atoms with Crippen molar-refractivity contribution in [1.29, 1.82) is 0 Å². The molecule has 1 aliphatic heterocycles. The lowest BCUT2D eigenvalue weighted by atomic mass is 9.99. The summed E-state index contributed by atoms with van der Waals surface area (Å²) in [6.45, 7) is 2.39. The summed E-state index contributed by atoms with van der Waals surface area (Å²) >= 11 is 0. The van der Waals surface area contributed by atoms with E-state index in [1.165, 1.54) is 22.5 Å². The predicted molar refractivity (Wildman–Crippen MR) is 71.1 cm³/mol. The Morgan fingerprint density at radius 1 is 1.42 bits per heavy atom. The minimum atomic E-state index is -3.63. The molecule has 2 rings (SSSR count). The highest BCUT2D eigenvalue weighted by Crippen LogP contribution is 2.28. The summed E-state index contributed by atoms with van der Waals surface area (Å²) in [5.74, 6) is -0.237. The number of phenols is 1. The van der Waals surface area contributed by atoms with Gasteiger partial charge >= 0.3 is 0 Å². The summed E-state index contributed by atoms with van der Waals surface area (Å²) in [6, 6.07) is 3.85. The van der Waals surface area contributed by atoms with Crippen molar-refractivity contribution >= 4 is 15.7 Å². The van der Waals surface area contributed by atoms with Crippen LogP contribution in [0, 0.1) is 5.92 Å². The Hall–Kier alpha value is -1.31. The first-order chi connectivity index (χ1) is 8.82. The monoisotopic (exact) mass is 286 g/mol. The fourth-order valence-corrected chi connectivity index (χ4v) is 3.75. The fraction of sp³-hybridized carbons (Fsp3) is 0.500. The van der Waals surface area contributed by atoms with Crippen LogP contribution in [0.25, 0.3) is 0 Å². The van der Waals surface area contributed by atoms with E-state index in [4.69, 9.17) is 5.73 Å². The zero-order valence-electron chi connectivity index (χ0n) is 10.7. The lowest BCUT2D eigenvalue weighted by molar-refractivity contribution is 0.0628. The maximum absolute atomic E-state index is 12.4. The summed E-state index contributed by atoms with van der Waals surface area (Å²) in [7, 11) is -3.63. The van der Waals surface area contributed by atoms with Crippen LogP contribution in [0.15, 0.2) is 23.1 Å². The average molecular weight is 286 g/mol. The van der Waals surface area contributed by atoms with E-state index in [9.17, 15) is 18.6 Å². The molecule has 0 aliphatic carbocycles. The largest absolute Gasteiger partial charge is 0.506 e. The van der Waals surface area contributed by atoms with Gasteiger partial charge in [-0.05, 0) is 30.5 Å². The second-order valence-electron chi connectivity index (χ2n) is 4.92. The van der Waals surface area contributed by atoms with Gasteiger partial charge in [-0.3, -0.25) is 0 Å². The van der Waals surface area contributed by atoms with Crippen molar-refractivity contribution in [2.24, 2.45) is 5.92 Å². The Labute approximate surface area is 112 Å². The van der Waals surface area contributed by atoms with Crippen LogP contribution in [-0.4, -0.2) is 42.1 Å². The number of hydrogen-bond donors (Lipinski definition) is 3. The maximum Gasteiger partial charge on any atom is 0.243 e. The van der Waals surface area contributed by atoms with Crippen LogP contribution in [-0.2, 0) is 10.0 Å².